The van der Waals surface area contributed by atoms with E-state index in [-0.39, 0.29) is 0 Å². The molecule has 104 valence electrons. The minimum absolute atomic E-state index is 0.778. The van der Waals surface area contributed by atoms with Crippen molar-refractivity contribution in [1.29, 1.82) is 0 Å². The number of hydrogen-bond donors (Lipinski definition) is 1. The van der Waals surface area contributed by atoms with Crippen LogP contribution in [-0.4, -0.2) is 14.8 Å². The van der Waals surface area contributed by atoms with E-state index in [0.29, 0.717) is 0 Å². The number of aryl methyl sites for hydroxylation is 1. The SMILES string of the molecule is CCCc1n[nH]c(=S)n1CCCCCCC(C)C. The molecule has 3 nitrogen and oxygen atoms in total. The van der Waals surface area contributed by atoms with Gasteiger partial charge in [-0.1, -0.05) is 46.5 Å². The second-order valence-corrected chi connectivity index (χ2v) is 5.83. The van der Waals surface area contributed by atoms with E-state index >= 15 is 0 Å². The Balaban J connectivity index is 2.26. The van der Waals surface area contributed by atoms with E-state index in [0.717, 1.165) is 35.9 Å². The van der Waals surface area contributed by atoms with Crippen molar-refractivity contribution in [2.75, 3.05) is 0 Å². The summed E-state index contributed by atoms with van der Waals surface area (Å²) in [5, 5.41) is 7.19. The summed E-state index contributed by atoms with van der Waals surface area (Å²) in [5.74, 6) is 1.95. The number of unbranched alkanes of at least 4 members (excludes halogenated alkanes) is 3. The highest BCUT2D eigenvalue weighted by molar-refractivity contribution is 7.71. The molecule has 1 N–H and O–H groups in total. The zero-order chi connectivity index (χ0) is 13.4. The molecule has 0 radical (unpaired) electrons. The molecule has 18 heavy (non-hydrogen) atoms. The van der Waals surface area contributed by atoms with Gasteiger partial charge in [0.05, 0.1) is 0 Å². The van der Waals surface area contributed by atoms with Gasteiger partial charge in [-0.05, 0) is 31.0 Å². The minimum Gasteiger partial charge on any atom is -0.304 e. The first kappa shape index (κ1) is 15.4. The lowest BCUT2D eigenvalue weighted by molar-refractivity contribution is 0.500. The lowest BCUT2D eigenvalue weighted by Gasteiger charge is -2.07. The lowest BCUT2D eigenvalue weighted by atomic mass is 10.0. The van der Waals surface area contributed by atoms with Gasteiger partial charge in [0.2, 0.25) is 0 Å². The van der Waals surface area contributed by atoms with Crippen LogP contribution in [0.1, 0.15) is 65.1 Å². The summed E-state index contributed by atoms with van der Waals surface area (Å²) in [7, 11) is 0. The summed E-state index contributed by atoms with van der Waals surface area (Å²) in [6.45, 7) is 7.78. The third-order valence-corrected chi connectivity index (χ3v) is 3.54. The second-order valence-electron chi connectivity index (χ2n) is 5.44. The number of aromatic amines is 1. The van der Waals surface area contributed by atoms with Crippen molar-refractivity contribution in [1.82, 2.24) is 14.8 Å². The predicted molar refractivity (Wildman–Crippen MR) is 79.3 cm³/mol. The largest absolute Gasteiger partial charge is 0.304 e. The van der Waals surface area contributed by atoms with Crippen LogP contribution in [0, 0.1) is 10.7 Å². The molecule has 0 spiro atoms. The van der Waals surface area contributed by atoms with Gasteiger partial charge in [-0.15, -0.1) is 0 Å². The van der Waals surface area contributed by atoms with Crippen molar-refractivity contribution in [2.24, 2.45) is 5.92 Å². The van der Waals surface area contributed by atoms with Crippen molar-refractivity contribution in [3.05, 3.63) is 10.6 Å². The van der Waals surface area contributed by atoms with Crippen molar-refractivity contribution >= 4 is 12.2 Å². The predicted octanol–water partition coefficient (Wildman–Crippen LogP) is 4.50. The van der Waals surface area contributed by atoms with Crippen LogP contribution in [-0.2, 0) is 13.0 Å². The Morgan fingerprint density at radius 3 is 2.61 bits per heavy atom. The first-order valence-corrected chi connectivity index (χ1v) is 7.70. The molecule has 4 heteroatoms. The number of aromatic nitrogens is 3. The summed E-state index contributed by atoms with van der Waals surface area (Å²) < 4.78 is 2.95. The van der Waals surface area contributed by atoms with Gasteiger partial charge in [0.1, 0.15) is 5.82 Å². The smallest absolute Gasteiger partial charge is 0.195 e. The van der Waals surface area contributed by atoms with E-state index in [4.69, 9.17) is 12.2 Å². The minimum atomic E-state index is 0.778. The molecule has 0 amide bonds. The zero-order valence-electron chi connectivity index (χ0n) is 12.0. The van der Waals surface area contributed by atoms with Gasteiger partial charge in [0.15, 0.2) is 4.77 Å². The lowest BCUT2D eigenvalue weighted by Crippen LogP contribution is -2.04. The quantitative estimate of drug-likeness (QED) is 0.529. The normalized spacial score (nSPS) is 11.3. The van der Waals surface area contributed by atoms with Crippen LogP contribution in [0.25, 0.3) is 0 Å². The summed E-state index contributed by atoms with van der Waals surface area (Å²) in [6.07, 6.45) is 8.69. The zero-order valence-corrected chi connectivity index (χ0v) is 12.9. The molecule has 0 atom stereocenters. The van der Waals surface area contributed by atoms with Crippen LogP contribution in [0.4, 0.5) is 0 Å². The Morgan fingerprint density at radius 2 is 1.94 bits per heavy atom. The Labute approximate surface area is 116 Å². The van der Waals surface area contributed by atoms with Crippen molar-refractivity contribution in [3.63, 3.8) is 0 Å². The fourth-order valence-corrected chi connectivity index (χ4v) is 2.41. The second kappa shape index (κ2) is 8.46. The molecule has 1 rings (SSSR count). The van der Waals surface area contributed by atoms with E-state index in [1.807, 2.05) is 0 Å². The molecule has 0 fully saturated rings. The Kier molecular flexibility index (Phi) is 7.25. The van der Waals surface area contributed by atoms with Gasteiger partial charge in [-0.2, -0.15) is 5.10 Å². The molecular weight excluding hydrogens is 242 g/mol. The van der Waals surface area contributed by atoms with Crippen molar-refractivity contribution < 1.29 is 0 Å². The van der Waals surface area contributed by atoms with Crippen molar-refractivity contribution in [2.45, 2.75) is 72.3 Å². The van der Waals surface area contributed by atoms with Gasteiger partial charge < -0.3 is 4.57 Å². The highest BCUT2D eigenvalue weighted by Gasteiger charge is 2.04. The summed E-state index contributed by atoms with van der Waals surface area (Å²) >= 11 is 5.27. The standard InChI is InChI=1S/C14H27N3S/c1-4-9-13-15-16-14(18)17(13)11-8-6-5-7-10-12(2)3/h12H,4-11H2,1-3H3,(H,16,18). The van der Waals surface area contributed by atoms with Crippen LogP contribution < -0.4 is 0 Å². The van der Waals surface area contributed by atoms with E-state index in [2.05, 4.69) is 35.5 Å². The fourth-order valence-electron chi connectivity index (χ4n) is 2.17. The van der Waals surface area contributed by atoms with Crippen LogP contribution in [0.5, 0.6) is 0 Å². The van der Waals surface area contributed by atoms with Crippen LogP contribution in [0.2, 0.25) is 0 Å². The van der Waals surface area contributed by atoms with E-state index < -0.39 is 0 Å². The Morgan fingerprint density at radius 1 is 1.22 bits per heavy atom. The van der Waals surface area contributed by atoms with Crippen molar-refractivity contribution in [3.8, 4) is 0 Å². The summed E-state index contributed by atoms with van der Waals surface area (Å²) in [6, 6.07) is 0. The van der Waals surface area contributed by atoms with E-state index in [1.165, 1.54) is 32.1 Å². The molecule has 1 heterocycles. The third-order valence-electron chi connectivity index (χ3n) is 3.22. The number of H-pyrrole nitrogens is 1. The molecule has 0 aliphatic carbocycles. The van der Waals surface area contributed by atoms with Gasteiger partial charge in [-0.25, -0.2) is 0 Å². The number of nitrogens with zero attached hydrogens (tertiary/aromatic N) is 2. The van der Waals surface area contributed by atoms with Crippen LogP contribution in [0.15, 0.2) is 0 Å². The molecular formula is C14H27N3S. The van der Waals surface area contributed by atoms with Gasteiger partial charge in [0, 0.05) is 13.0 Å². The molecule has 0 saturated carbocycles. The molecule has 1 aromatic heterocycles. The van der Waals surface area contributed by atoms with Crippen LogP contribution in [0.3, 0.4) is 0 Å². The van der Waals surface area contributed by atoms with E-state index in [9.17, 15) is 0 Å². The average Bonchev–Trinajstić information content (AvgIpc) is 2.66. The highest BCUT2D eigenvalue weighted by atomic mass is 32.1. The fraction of sp³-hybridized carbons (Fsp3) is 0.857. The maximum Gasteiger partial charge on any atom is 0.195 e. The summed E-state index contributed by atoms with van der Waals surface area (Å²) in [5.41, 5.74) is 0. The monoisotopic (exact) mass is 269 g/mol. The van der Waals surface area contributed by atoms with Gasteiger partial charge in [-0.3, -0.25) is 5.10 Å². The summed E-state index contributed by atoms with van der Waals surface area (Å²) in [4.78, 5) is 0. The Hall–Kier alpha value is -0.640. The number of nitrogens with one attached hydrogen (secondary N) is 1. The molecule has 0 aromatic carbocycles. The first-order valence-electron chi connectivity index (χ1n) is 7.29. The van der Waals surface area contributed by atoms with Gasteiger partial charge in [0.25, 0.3) is 0 Å². The third kappa shape index (κ3) is 5.34. The molecule has 0 aliphatic heterocycles. The first-order chi connectivity index (χ1) is 8.65. The number of hydrogen-bond acceptors (Lipinski definition) is 2. The average molecular weight is 269 g/mol. The highest BCUT2D eigenvalue weighted by Crippen LogP contribution is 2.11. The Bertz CT molecular complexity index is 379. The van der Waals surface area contributed by atoms with E-state index in [1.54, 1.807) is 0 Å². The molecule has 0 bridgehead atoms. The topological polar surface area (TPSA) is 33.6 Å². The van der Waals surface area contributed by atoms with Gasteiger partial charge >= 0.3 is 0 Å². The molecule has 0 aliphatic rings. The maximum absolute atomic E-state index is 5.27. The number of rotatable bonds is 9. The molecule has 1 aromatic rings. The molecule has 0 saturated heterocycles. The maximum atomic E-state index is 5.27. The molecule has 0 unspecified atom stereocenters. The van der Waals surface area contributed by atoms with Crippen LogP contribution >= 0.6 is 12.2 Å².